The van der Waals surface area contributed by atoms with Gasteiger partial charge in [0.25, 0.3) is 0 Å². The quantitative estimate of drug-likeness (QED) is 0.624. The van der Waals surface area contributed by atoms with Gasteiger partial charge in [0.15, 0.2) is 0 Å². The Morgan fingerprint density at radius 1 is 1.19 bits per heavy atom. The summed E-state index contributed by atoms with van der Waals surface area (Å²) < 4.78 is 28.8. The van der Waals surface area contributed by atoms with Gasteiger partial charge in [-0.05, 0) is 36.4 Å². The second-order valence-electron chi connectivity index (χ2n) is 6.07. The van der Waals surface area contributed by atoms with Crippen LogP contribution in [0.2, 0.25) is 0 Å². The Labute approximate surface area is 166 Å². The molecule has 1 N–H and O–H groups in total. The molecule has 27 heavy (non-hydrogen) atoms. The number of hydrogen-bond donors (Lipinski definition) is 1. The number of hydrogen-bond acceptors (Lipinski definition) is 4. The first kappa shape index (κ1) is 19.5. The number of amides is 1. The highest BCUT2D eigenvalue weighted by molar-refractivity contribution is 9.10. The maximum atomic E-state index is 12.5. The normalized spacial score (nSPS) is 11.9. The minimum Gasteiger partial charge on any atom is -0.348 e. The average Bonchev–Trinajstić information content (AvgIpc) is 2.96. The van der Waals surface area contributed by atoms with E-state index in [0.29, 0.717) is 5.82 Å². The van der Waals surface area contributed by atoms with Gasteiger partial charge < -0.3 is 9.88 Å². The summed E-state index contributed by atoms with van der Waals surface area (Å²) >= 11 is 3.27. The molecule has 0 saturated heterocycles. The van der Waals surface area contributed by atoms with Gasteiger partial charge in [-0.25, -0.2) is 13.4 Å². The Bertz CT molecular complexity index is 1080. The molecule has 142 valence electrons. The highest BCUT2D eigenvalue weighted by atomic mass is 79.9. The molecule has 0 spiro atoms. The molecule has 0 radical (unpaired) electrons. The third kappa shape index (κ3) is 4.20. The summed E-state index contributed by atoms with van der Waals surface area (Å²) in [5, 5.41) is 2.73. The molecule has 3 aromatic rings. The summed E-state index contributed by atoms with van der Waals surface area (Å²) in [6.07, 6.45) is 0. The molecule has 9 heteroatoms. The van der Waals surface area contributed by atoms with E-state index in [-0.39, 0.29) is 18.0 Å². The number of rotatable bonds is 6. The van der Waals surface area contributed by atoms with Crippen LogP contribution in [-0.4, -0.2) is 41.8 Å². The fourth-order valence-electron chi connectivity index (χ4n) is 2.66. The van der Waals surface area contributed by atoms with Gasteiger partial charge in [-0.3, -0.25) is 4.79 Å². The van der Waals surface area contributed by atoms with E-state index in [1.165, 1.54) is 19.2 Å². The van der Waals surface area contributed by atoms with Crippen LogP contribution in [0.1, 0.15) is 5.82 Å². The van der Waals surface area contributed by atoms with Crippen LogP contribution < -0.4 is 5.32 Å². The van der Waals surface area contributed by atoms with E-state index in [0.717, 1.165) is 19.8 Å². The second-order valence-corrected chi connectivity index (χ2v) is 9.03. The van der Waals surface area contributed by atoms with Crippen molar-refractivity contribution < 1.29 is 13.2 Å². The first-order valence-electron chi connectivity index (χ1n) is 8.18. The van der Waals surface area contributed by atoms with Crippen LogP contribution in [-0.2, 0) is 28.4 Å². The number of nitrogens with zero attached hydrogens (tertiary/aromatic N) is 3. The molecule has 0 fully saturated rings. The van der Waals surface area contributed by atoms with Crippen LogP contribution in [0.25, 0.3) is 11.0 Å². The maximum Gasteiger partial charge on any atom is 0.243 e. The van der Waals surface area contributed by atoms with Crippen LogP contribution in [0.3, 0.4) is 0 Å². The molecule has 7 nitrogen and oxygen atoms in total. The van der Waals surface area contributed by atoms with Crippen molar-refractivity contribution in [1.29, 1.82) is 0 Å². The molecule has 0 aliphatic carbocycles. The van der Waals surface area contributed by atoms with E-state index in [4.69, 9.17) is 0 Å². The fraction of sp³-hybridized carbons (Fsp3) is 0.222. The van der Waals surface area contributed by atoms with E-state index < -0.39 is 15.9 Å². The number of carbonyl (C=O) groups excluding carboxylic acids is 1. The molecule has 1 aromatic heterocycles. The Hall–Kier alpha value is -2.23. The zero-order valence-corrected chi connectivity index (χ0v) is 17.3. The van der Waals surface area contributed by atoms with Gasteiger partial charge >= 0.3 is 0 Å². The first-order valence-corrected chi connectivity index (χ1v) is 10.4. The van der Waals surface area contributed by atoms with Gasteiger partial charge in [0, 0.05) is 18.6 Å². The summed E-state index contributed by atoms with van der Waals surface area (Å²) in [6, 6.07) is 14.0. The van der Waals surface area contributed by atoms with Gasteiger partial charge in [0.2, 0.25) is 15.9 Å². The SMILES string of the molecule is CN(CC(=O)NCc1nc2ccccc2n1C)S(=O)(=O)c1ccc(Br)cc1. The molecule has 2 aromatic carbocycles. The predicted molar refractivity (Wildman–Crippen MR) is 107 cm³/mol. The minimum atomic E-state index is -3.73. The number of imidazole rings is 1. The molecule has 0 bridgehead atoms. The highest BCUT2D eigenvalue weighted by Gasteiger charge is 2.23. The van der Waals surface area contributed by atoms with Gasteiger partial charge in [-0.15, -0.1) is 0 Å². The predicted octanol–water partition coefficient (Wildman–Crippen LogP) is 2.27. The molecule has 1 heterocycles. The molecule has 3 rings (SSSR count). The summed E-state index contributed by atoms with van der Waals surface area (Å²) in [5.74, 6) is 0.299. The number of halogens is 1. The number of nitrogens with one attached hydrogen (secondary N) is 1. The molecule has 0 aliphatic heterocycles. The monoisotopic (exact) mass is 450 g/mol. The molecular weight excluding hydrogens is 432 g/mol. The Kier molecular flexibility index (Phi) is 5.64. The summed E-state index contributed by atoms with van der Waals surface area (Å²) in [5.41, 5.74) is 1.82. The zero-order valence-electron chi connectivity index (χ0n) is 14.9. The van der Waals surface area contributed by atoms with E-state index >= 15 is 0 Å². The van der Waals surface area contributed by atoms with Crippen molar-refractivity contribution in [3.8, 4) is 0 Å². The van der Waals surface area contributed by atoms with E-state index in [1.807, 2.05) is 35.9 Å². The summed E-state index contributed by atoms with van der Waals surface area (Å²) in [7, 11) is -0.475. The van der Waals surface area contributed by atoms with Crippen LogP contribution in [0.15, 0.2) is 57.9 Å². The molecule has 0 saturated carbocycles. The smallest absolute Gasteiger partial charge is 0.243 e. The van der Waals surface area contributed by atoms with Crippen LogP contribution in [0.4, 0.5) is 0 Å². The van der Waals surface area contributed by atoms with Crippen molar-refractivity contribution in [2.24, 2.45) is 7.05 Å². The third-order valence-electron chi connectivity index (χ3n) is 4.21. The Morgan fingerprint density at radius 2 is 1.85 bits per heavy atom. The van der Waals surface area contributed by atoms with E-state index in [1.54, 1.807) is 12.1 Å². The molecule has 0 unspecified atom stereocenters. The van der Waals surface area contributed by atoms with Crippen molar-refractivity contribution in [1.82, 2.24) is 19.2 Å². The van der Waals surface area contributed by atoms with E-state index in [9.17, 15) is 13.2 Å². The topological polar surface area (TPSA) is 84.3 Å². The lowest BCUT2D eigenvalue weighted by Gasteiger charge is -2.17. The van der Waals surface area contributed by atoms with Gasteiger partial charge in [0.1, 0.15) is 5.82 Å². The Morgan fingerprint density at radius 3 is 2.52 bits per heavy atom. The van der Waals surface area contributed by atoms with Crippen molar-refractivity contribution in [3.63, 3.8) is 0 Å². The van der Waals surface area contributed by atoms with Crippen molar-refractivity contribution in [2.45, 2.75) is 11.4 Å². The first-order chi connectivity index (χ1) is 12.8. The second kappa shape index (κ2) is 7.79. The number of sulfonamides is 1. The standard InChI is InChI=1S/C18H19BrN4O3S/c1-22(27(25,26)14-9-7-13(19)8-10-14)12-18(24)20-11-17-21-15-5-3-4-6-16(15)23(17)2/h3-10H,11-12H2,1-2H3,(H,20,24). The van der Waals surface area contributed by atoms with Gasteiger partial charge in [-0.2, -0.15) is 4.31 Å². The van der Waals surface area contributed by atoms with E-state index in [2.05, 4.69) is 26.2 Å². The summed E-state index contributed by atoms with van der Waals surface area (Å²) in [4.78, 5) is 16.8. The molecule has 0 aliphatic rings. The van der Waals surface area contributed by atoms with Crippen molar-refractivity contribution >= 4 is 42.9 Å². The minimum absolute atomic E-state index is 0.136. The number of carbonyl (C=O) groups is 1. The lowest BCUT2D eigenvalue weighted by Crippen LogP contribution is -2.38. The van der Waals surface area contributed by atoms with Crippen molar-refractivity contribution in [2.75, 3.05) is 13.6 Å². The lowest BCUT2D eigenvalue weighted by atomic mass is 10.3. The molecular formula is C18H19BrN4O3S. The largest absolute Gasteiger partial charge is 0.348 e. The number of aromatic nitrogens is 2. The zero-order chi connectivity index (χ0) is 19.6. The van der Waals surface area contributed by atoms with Crippen LogP contribution in [0, 0.1) is 0 Å². The molecule has 1 amide bonds. The highest BCUT2D eigenvalue weighted by Crippen LogP contribution is 2.18. The molecule has 0 atom stereocenters. The van der Waals surface area contributed by atoms with Gasteiger partial charge in [-0.1, -0.05) is 28.1 Å². The number of aryl methyl sites for hydroxylation is 1. The van der Waals surface area contributed by atoms with Crippen LogP contribution in [0.5, 0.6) is 0 Å². The average molecular weight is 451 g/mol. The summed E-state index contributed by atoms with van der Waals surface area (Å²) in [6.45, 7) is -0.0570. The Balaban J connectivity index is 1.64. The number of benzene rings is 2. The van der Waals surface area contributed by atoms with Crippen molar-refractivity contribution in [3.05, 3.63) is 58.8 Å². The number of fused-ring (bicyclic) bond motifs is 1. The number of para-hydroxylation sites is 2. The number of likely N-dealkylation sites (N-methyl/N-ethyl adjacent to an activating group) is 1. The fourth-order valence-corrected chi connectivity index (χ4v) is 4.05. The van der Waals surface area contributed by atoms with Gasteiger partial charge in [0.05, 0.1) is 29.0 Å². The maximum absolute atomic E-state index is 12.5. The lowest BCUT2D eigenvalue weighted by molar-refractivity contribution is -0.121. The third-order valence-corrected chi connectivity index (χ3v) is 6.56. The van der Waals surface area contributed by atoms with Crippen LogP contribution >= 0.6 is 15.9 Å².